The summed E-state index contributed by atoms with van der Waals surface area (Å²) < 4.78 is 16.8. The van der Waals surface area contributed by atoms with Gasteiger partial charge in [0.25, 0.3) is 0 Å². The molecule has 4 heteroatoms. The van der Waals surface area contributed by atoms with Crippen molar-refractivity contribution in [1.82, 2.24) is 5.32 Å². The molecule has 4 atom stereocenters. The molecule has 0 aliphatic carbocycles. The van der Waals surface area contributed by atoms with Crippen molar-refractivity contribution in [2.75, 3.05) is 7.05 Å². The third-order valence-corrected chi connectivity index (χ3v) is 2.55. The van der Waals surface area contributed by atoms with Crippen molar-refractivity contribution < 1.29 is 14.2 Å². The molecule has 0 bridgehead atoms. The first-order valence-corrected chi connectivity index (χ1v) is 4.72. The molecule has 4 nitrogen and oxygen atoms in total. The fourth-order valence-electron chi connectivity index (χ4n) is 1.97. The van der Waals surface area contributed by atoms with E-state index in [-0.39, 0.29) is 24.5 Å². The van der Waals surface area contributed by atoms with Crippen molar-refractivity contribution in [2.24, 2.45) is 0 Å². The minimum atomic E-state index is -0.579. The maximum Gasteiger partial charge on any atom is 0.190 e. The number of rotatable bonds is 1. The van der Waals surface area contributed by atoms with Crippen LogP contribution in [0.5, 0.6) is 0 Å². The standard InChI is InChI=1S/C10H15NO3/c1-5-6-7(11-4)8-9(12-6)14-10(2,3)13-8/h1,6-9,11H,2-4H3. The van der Waals surface area contributed by atoms with Crippen molar-refractivity contribution in [3.63, 3.8) is 0 Å². The highest BCUT2D eigenvalue weighted by atomic mass is 16.8. The van der Waals surface area contributed by atoms with Gasteiger partial charge < -0.3 is 19.5 Å². The predicted molar refractivity (Wildman–Crippen MR) is 50.4 cm³/mol. The average molecular weight is 197 g/mol. The van der Waals surface area contributed by atoms with E-state index in [0.717, 1.165) is 0 Å². The maximum atomic E-state index is 5.70. The Hall–Kier alpha value is -0.600. The summed E-state index contributed by atoms with van der Waals surface area (Å²) in [5.41, 5.74) is 0. The topological polar surface area (TPSA) is 39.7 Å². The summed E-state index contributed by atoms with van der Waals surface area (Å²) in [6.45, 7) is 3.73. The van der Waals surface area contributed by atoms with Crippen LogP contribution in [0, 0.1) is 12.3 Å². The van der Waals surface area contributed by atoms with Crippen LogP contribution < -0.4 is 5.32 Å². The lowest BCUT2D eigenvalue weighted by atomic mass is 10.1. The number of fused-ring (bicyclic) bond motifs is 1. The summed E-state index contributed by atoms with van der Waals surface area (Å²) >= 11 is 0. The van der Waals surface area contributed by atoms with E-state index in [1.807, 2.05) is 20.9 Å². The highest BCUT2D eigenvalue weighted by Crippen LogP contribution is 2.36. The number of likely N-dealkylation sites (N-methyl/N-ethyl adjacent to an activating group) is 1. The molecule has 0 aromatic rings. The molecule has 2 aliphatic heterocycles. The number of ether oxygens (including phenoxy) is 3. The van der Waals surface area contributed by atoms with Crippen molar-refractivity contribution in [2.45, 2.75) is 44.2 Å². The Bertz CT molecular complexity index is 271. The van der Waals surface area contributed by atoms with Gasteiger partial charge in [0, 0.05) is 0 Å². The number of hydrogen-bond acceptors (Lipinski definition) is 4. The second-order valence-electron chi connectivity index (χ2n) is 4.01. The van der Waals surface area contributed by atoms with Gasteiger partial charge in [-0.3, -0.25) is 0 Å². The molecule has 2 rings (SSSR count). The van der Waals surface area contributed by atoms with Gasteiger partial charge in [-0.05, 0) is 20.9 Å². The van der Waals surface area contributed by atoms with Crippen LogP contribution in [-0.2, 0) is 14.2 Å². The molecule has 0 aromatic carbocycles. The lowest BCUT2D eigenvalue weighted by Crippen LogP contribution is -2.43. The normalized spacial score (nSPS) is 44.7. The lowest BCUT2D eigenvalue weighted by Gasteiger charge is -2.22. The summed E-state index contributed by atoms with van der Waals surface area (Å²) in [5, 5.41) is 3.10. The molecule has 0 saturated carbocycles. The first-order chi connectivity index (χ1) is 6.57. The Labute approximate surface area is 83.9 Å². The molecule has 0 aromatic heterocycles. The van der Waals surface area contributed by atoms with Gasteiger partial charge >= 0.3 is 0 Å². The van der Waals surface area contributed by atoms with Crippen LogP contribution >= 0.6 is 0 Å². The van der Waals surface area contributed by atoms with Crippen LogP contribution in [0.3, 0.4) is 0 Å². The monoisotopic (exact) mass is 197 g/mol. The van der Waals surface area contributed by atoms with E-state index in [2.05, 4.69) is 11.2 Å². The Morgan fingerprint density at radius 2 is 2.07 bits per heavy atom. The Kier molecular flexibility index (Phi) is 2.28. The third kappa shape index (κ3) is 1.43. The van der Waals surface area contributed by atoms with Gasteiger partial charge in [-0.15, -0.1) is 6.42 Å². The molecule has 0 amide bonds. The SMILES string of the molecule is C#CC1OC2OC(C)(C)OC2C1NC. The summed E-state index contributed by atoms with van der Waals surface area (Å²) in [6.07, 6.45) is 4.61. The van der Waals surface area contributed by atoms with Crippen molar-refractivity contribution in [3.8, 4) is 12.3 Å². The van der Waals surface area contributed by atoms with Gasteiger partial charge in [0.15, 0.2) is 12.1 Å². The van der Waals surface area contributed by atoms with Gasteiger partial charge in [0.2, 0.25) is 0 Å². The number of nitrogens with one attached hydrogen (secondary N) is 1. The largest absolute Gasteiger partial charge is 0.340 e. The van der Waals surface area contributed by atoms with Crippen molar-refractivity contribution >= 4 is 0 Å². The molecule has 78 valence electrons. The smallest absolute Gasteiger partial charge is 0.190 e. The van der Waals surface area contributed by atoms with Crippen LogP contribution in [0.25, 0.3) is 0 Å². The van der Waals surface area contributed by atoms with E-state index < -0.39 is 5.79 Å². The Balaban J connectivity index is 2.14. The van der Waals surface area contributed by atoms with Gasteiger partial charge in [-0.25, -0.2) is 0 Å². The Morgan fingerprint density at radius 3 is 2.64 bits per heavy atom. The molecule has 2 heterocycles. The van der Waals surface area contributed by atoms with Gasteiger partial charge in [0.1, 0.15) is 12.2 Å². The van der Waals surface area contributed by atoms with E-state index in [1.165, 1.54) is 0 Å². The third-order valence-electron chi connectivity index (χ3n) is 2.55. The molecule has 0 radical (unpaired) electrons. The van der Waals surface area contributed by atoms with Crippen molar-refractivity contribution in [3.05, 3.63) is 0 Å². The Morgan fingerprint density at radius 1 is 1.36 bits per heavy atom. The van der Waals surface area contributed by atoms with Gasteiger partial charge in [-0.2, -0.15) is 0 Å². The van der Waals surface area contributed by atoms with Crippen LogP contribution in [0.1, 0.15) is 13.8 Å². The van der Waals surface area contributed by atoms with E-state index >= 15 is 0 Å². The first-order valence-electron chi connectivity index (χ1n) is 4.72. The van der Waals surface area contributed by atoms with Crippen LogP contribution in [-0.4, -0.2) is 37.4 Å². The van der Waals surface area contributed by atoms with E-state index in [0.29, 0.717) is 0 Å². The van der Waals surface area contributed by atoms with Gasteiger partial charge in [0.05, 0.1) is 6.04 Å². The average Bonchev–Trinajstić information content (AvgIpc) is 2.55. The number of hydrogen-bond donors (Lipinski definition) is 1. The maximum absolute atomic E-state index is 5.70. The molecule has 2 fully saturated rings. The highest BCUT2D eigenvalue weighted by molar-refractivity contribution is 5.09. The van der Waals surface area contributed by atoms with Crippen LogP contribution in [0.15, 0.2) is 0 Å². The van der Waals surface area contributed by atoms with Crippen LogP contribution in [0.4, 0.5) is 0 Å². The van der Waals surface area contributed by atoms with Crippen LogP contribution in [0.2, 0.25) is 0 Å². The number of terminal acetylenes is 1. The fraction of sp³-hybridized carbons (Fsp3) is 0.800. The second kappa shape index (κ2) is 3.21. The zero-order valence-electron chi connectivity index (χ0n) is 8.61. The zero-order chi connectivity index (χ0) is 10.3. The fourth-order valence-corrected chi connectivity index (χ4v) is 1.97. The summed E-state index contributed by atoms with van der Waals surface area (Å²) in [6, 6.07) is 0.00627. The van der Waals surface area contributed by atoms with E-state index in [9.17, 15) is 0 Å². The molecule has 2 saturated heterocycles. The molecule has 0 spiro atoms. The van der Waals surface area contributed by atoms with E-state index in [4.69, 9.17) is 20.6 Å². The van der Waals surface area contributed by atoms with Crippen molar-refractivity contribution in [1.29, 1.82) is 0 Å². The second-order valence-corrected chi connectivity index (χ2v) is 4.01. The molecular formula is C10H15NO3. The minimum Gasteiger partial charge on any atom is -0.340 e. The molecular weight excluding hydrogens is 182 g/mol. The minimum absolute atomic E-state index is 0.00627. The molecule has 14 heavy (non-hydrogen) atoms. The summed E-state index contributed by atoms with van der Waals surface area (Å²) in [5.74, 6) is 2.00. The first kappa shape index (κ1) is 9.94. The molecule has 1 N–H and O–H groups in total. The lowest BCUT2D eigenvalue weighted by molar-refractivity contribution is -0.201. The van der Waals surface area contributed by atoms with Gasteiger partial charge in [-0.1, -0.05) is 5.92 Å². The summed E-state index contributed by atoms with van der Waals surface area (Å²) in [4.78, 5) is 0. The quantitative estimate of drug-likeness (QED) is 0.604. The molecule has 2 aliphatic rings. The summed E-state index contributed by atoms with van der Waals surface area (Å²) in [7, 11) is 1.84. The van der Waals surface area contributed by atoms with E-state index in [1.54, 1.807) is 0 Å². The zero-order valence-corrected chi connectivity index (χ0v) is 8.61. The predicted octanol–water partition coefficient (Wildman–Crippen LogP) is 0.0840. The highest BCUT2D eigenvalue weighted by Gasteiger charge is 2.53. The molecule has 4 unspecified atom stereocenters.